The molecule has 0 saturated heterocycles. The molecule has 1 aliphatic rings. The largest absolute Gasteiger partial charge is 0.389 e. The van der Waals surface area contributed by atoms with Gasteiger partial charge in [0.15, 0.2) is 0 Å². The van der Waals surface area contributed by atoms with Gasteiger partial charge in [-0.2, -0.15) is 5.26 Å². The Kier molecular flexibility index (Phi) is 1.98. The van der Waals surface area contributed by atoms with E-state index in [1.807, 2.05) is 0 Å². The van der Waals surface area contributed by atoms with Crippen LogP contribution in [0.15, 0.2) is 0 Å². The third-order valence-corrected chi connectivity index (χ3v) is 3.61. The zero-order valence-corrected chi connectivity index (χ0v) is 8.37. The smallest absolute Gasteiger partial charge is 0.105 e. The van der Waals surface area contributed by atoms with Gasteiger partial charge in [-0.1, -0.05) is 0 Å². The summed E-state index contributed by atoms with van der Waals surface area (Å²) in [5.41, 5.74) is 7.67. The maximum Gasteiger partial charge on any atom is 0.105 e. The van der Waals surface area contributed by atoms with Crippen molar-refractivity contribution >= 4 is 16.3 Å². The minimum absolute atomic E-state index is 0.696. The van der Waals surface area contributed by atoms with Crippen molar-refractivity contribution in [1.82, 2.24) is 0 Å². The van der Waals surface area contributed by atoms with E-state index in [2.05, 4.69) is 13.1 Å². The van der Waals surface area contributed by atoms with Crippen molar-refractivity contribution in [2.45, 2.75) is 13.0 Å². The molecule has 0 saturated carbocycles. The number of nitriles is 1. The van der Waals surface area contributed by atoms with E-state index in [0.29, 0.717) is 5.00 Å². The molecule has 0 bridgehead atoms. The van der Waals surface area contributed by atoms with Crippen molar-refractivity contribution in [1.29, 1.82) is 5.26 Å². The van der Waals surface area contributed by atoms with Crippen molar-refractivity contribution in [3.63, 3.8) is 0 Å². The minimum atomic E-state index is 0.696. The first-order valence-corrected chi connectivity index (χ1v) is 5.15. The van der Waals surface area contributed by atoms with E-state index < -0.39 is 0 Å². The van der Waals surface area contributed by atoms with Crippen LogP contribution in [-0.4, -0.2) is 13.6 Å². The first-order chi connectivity index (χ1) is 6.22. The predicted molar refractivity (Wildman–Crippen MR) is 52.6 cm³/mol. The van der Waals surface area contributed by atoms with Crippen LogP contribution in [0.1, 0.15) is 16.0 Å². The van der Waals surface area contributed by atoms with Gasteiger partial charge in [-0.15, -0.1) is 11.3 Å². The van der Waals surface area contributed by atoms with Crippen LogP contribution in [0.3, 0.4) is 0 Å². The number of likely N-dealkylation sites (N-methyl/N-ethyl adjacent to an activating group) is 1. The Morgan fingerprint density at radius 2 is 2.38 bits per heavy atom. The second kappa shape index (κ2) is 3.02. The standard InChI is InChI=1S/C9H11N3S/c1-12-3-2-8-7(5-12)6(4-10)9(11)13-8/h2-3,5,11H2,1H3/p+1. The van der Waals surface area contributed by atoms with Crippen LogP contribution in [0.25, 0.3) is 0 Å². The van der Waals surface area contributed by atoms with Gasteiger partial charge in [-0.3, -0.25) is 0 Å². The third kappa shape index (κ3) is 1.30. The SMILES string of the molecule is C[NH+]1CCc2sc(N)c(C#N)c2C1. The average molecular weight is 194 g/mol. The Labute approximate surface area is 81.4 Å². The molecule has 1 aromatic heterocycles. The molecule has 3 N–H and O–H groups in total. The summed E-state index contributed by atoms with van der Waals surface area (Å²) >= 11 is 1.59. The topological polar surface area (TPSA) is 54.2 Å². The quantitative estimate of drug-likeness (QED) is 0.599. The molecule has 13 heavy (non-hydrogen) atoms. The van der Waals surface area contributed by atoms with E-state index in [9.17, 15) is 0 Å². The highest BCUT2D eigenvalue weighted by Crippen LogP contribution is 2.31. The van der Waals surface area contributed by atoms with Gasteiger partial charge in [0, 0.05) is 16.9 Å². The number of nitrogens with one attached hydrogen (secondary N) is 1. The van der Waals surface area contributed by atoms with Crippen LogP contribution in [0.4, 0.5) is 5.00 Å². The summed E-state index contributed by atoms with van der Waals surface area (Å²) < 4.78 is 0. The third-order valence-electron chi connectivity index (χ3n) is 2.49. The lowest BCUT2D eigenvalue weighted by Crippen LogP contribution is -3.08. The summed E-state index contributed by atoms with van der Waals surface area (Å²) in [6, 6.07) is 2.20. The van der Waals surface area contributed by atoms with Crippen molar-refractivity contribution in [3.05, 3.63) is 16.0 Å². The Hall–Kier alpha value is -1.05. The number of fused-ring (bicyclic) bond motifs is 1. The average Bonchev–Trinajstić information content (AvgIpc) is 2.40. The molecule has 0 amide bonds. The van der Waals surface area contributed by atoms with Crippen molar-refractivity contribution < 1.29 is 4.90 Å². The van der Waals surface area contributed by atoms with E-state index in [-0.39, 0.29) is 0 Å². The number of quaternary nitrogens is 1. The number of nitrogens with zero attached hydrogens (tertiary/aromatic N) is 1. The maximum absolute atomic E-state index is 8.92. The van der Waals surface area contributed by atoms with Crippen molar-refractivity contribution in [2.24, 2.45) is 0 Å². The summed E-state index contributed by atoms with van der Waals surface area (Å²) in [6.07, 6.45) is 1.07. The van der Waals surface area contributed by atoms with E-state index >= 15 is 0 Å². The van der Waals surface area contributed by atoms with Gasteiger partial charge >= 0.3 is 0 Å². The molecule has 0 aromatic carbocycles. The molecular formula is C9H12N3S+. The van der Waals surface area contributed by atoms with Gasteiger partial charge in [0.1, 0.15) is 17.6 Å². The normalized spacial score (nSPS) is 20.8. The fraction of sp³-hybridized carbons (Fsp3) is 0.444. The number of rotatable bonds is 0. The minimum Gasteiger partial charge on any atom is -0.389 e. The number of nitrogens with two attached hydrogens (primary N) is 1. The first kappa shape index (κ1) is 8.54. The lowest BCUT2D eigenvalue weighted by Gasteiger charge is -2.19. The molecule has 0 fully saturated rings. The molecule has 1 aromatic rings. The summed E-state index contributed by atoms with van der Waals surface area (Å²) in [6.45, 7) is 2.10. The van der Waals surface area contributed by atoms with Crippen LogP contribution in [0.2, 0.25) is 0 Å². The van der Waals surface area contributed by atoms with Crippen molar-refractivity contribution in [2.75, 3.05) is 19.3 Å². The number of anilines is 1. The van der Waals surface area contributed by atoms with Gasteiger partial charge in [0.05, 0.1) is 19.2 Å². The predicted octanol–water partition coefficient (Wildman–Crippen LogP) is -0.227. The molecule has 3 nitrogen and oxygen atoms in total. The fourth-order valence-corrected chi connectivity index (χ4v) is 2.80. The Bertz CT molecular complexity index is 375. The molecule has 1 atom stereocenters. The molecule has 0 aliphatic carbocycles. The summed E-state index contributed by atoms with van der Waals surface area (Å²) in [5, 5.41) is 9.61. The Morgan fingerprint density at radius 3 is 3.08 bits per heavy atom. The summed E-state index contributed by atoms with van der Waals surface area (Å²) in [4.78, 5) is 2.78. The lowest BCUT2D eigenvalue weighted by molar-refractivity contribution is -0.895. The van der Waals surface area contributed by atoms with E-state index in [0.717, 1.165) is 25.1 Å². The van der Waals surface area contributed by atoms with Gasteiger partial charge < -0.3 is 10.6 Å². The van der Waals surface area contributed by atoms with E-state index in [1.54, 1.807) is 11.3 Å². The van der Waals surface area contributed by atoms with Gasteiger partial charge in [-0.25, -0.2) is 0 Å². The first-order valence-electron chi connectivity index (χ1n) is 4.33. The molecule has 4 heteroatoms. The molecular weight excluding hydrogens is 182 g/mol. The van der Waals surface area contributed by atoms with Crippen LogP contribution in [-0.2, 0) is 13.0 Å². The van der Waals surface area contributed by atoms with Crippen LogP contribution >= 0.6 is 11.3 Å². The summed E-state index contributed by atoms with van der Waals surface area (Å²) in [7, 11) is 2.15. The lowest BCUT2D eigenvalue weighted by atomic mass is 10.1. The zero-order valence-electron chi connectivity index (χ0n) is 7.55. The van der Waals surface area contributed by atoms with Crippen molar-refractivity contribution in [3.8, 4) is 6.07 Å². The zero-order chi connectivity index (χ0) is 9.42. The second-order valence-corrected chi connectivity index (χ2v) is 4.63. The van der Waals surface area contributed by atoms with Gasteiger partial charge in [-0.05, 0) is 0 Å². The molecule has 1 aliphatic heterocycles. The fourth-order valence-electron chi connectivity index (χ4n) is 1.76. The maximum atomic E-state index is 8.92. The molecule has 68 valence electrons. The Balaban J connectivity index is 2.50. The highest BCUT2D eigenvalue weighted by atomic mass is 32.1. The Morgan fingerprint density at radius 1 is 1.62 bits per heavy atom. The van der Waals surface area contributed by atoms with Gasteiger partial charge in [0.2, 0.25) is 0 Å². The highest BCUT2D eigenvalue weighted by Gasteiger charge is 2.23. The molecule has 2 rings (SSSR count). The van der Waals surface area contributed by atoms with E-state index in [1.165, 1.54) is 15.3 Å². The molecule has 1 unspecified atom stereocenters. The molecule has 0 spiro atoms. The van der Waals surface area contributed by atoms with Crippen LogP contribution < -0.4 is 10.6 Å². The number of hydrogen-bond acceptors (Lipinski definition) is 3. The van der Waals surface area contributed by atoms with Crippen LogP contribution in [0.5, 0.6) is 0 Å². The summed E-state index contributed by atoms with van der Waals surface area (Å²) in [5.74, 6) is 0. The number of hydrogen-bond donors (Lipinski definition) is 2. The van der Waals surface area contributed by atoms with E-state index in [4.69, 9.17) is 11.0 Å². The molecule has 0 radical (unpaired) electrons. The number of thiophene rings is 1. The number of nitrogen functional groups attached to an aromatic ring is 1. The monoisotopic (exact) mass is 194 g/mol. The van der Waals surface area contributed by atoms with Gasteiger partial charge in [0.25, 0.3) is 0 Å². The molecule has 2 heterocycles. The van der Waals surface area contributed by atoms with Crippen LogP contribution in [0, 0.1) is 11.3 Å². The second-order valence-electron chi connectivity index (χ2n) is 3.49. The highest BCUT2D eigenvalue weighted by molar-refractivity contribution is 7.16.